The Morgan fingerprint density at radius 2 is 1.86 bits per heavy atom. The average molecular weight is 651 g/mol. The Balaban J connectivity index is 1.19. The summed E-state index contributed by atoms with van der Waals surface area (Å²) in [6.07, 6.45) is 0. The third kappa shape index (κ3) is 6.50. The Morgan fingerprint density at radius 3 is 2.65 bits per heavy atom. The summed E-state index contributed by atoms with van der Waals surface area (Å²) in [7, 11) is 1.84. The Morgan fingerprint density at radius 1 is 1.05 bits per heavy atom. The maximum atomic E-state index is 12.6. The zero-order chi connectivity index (χ0) is 25.9. The van der Waals surface area contributed by atoms with Gasteiger partial charge in [-0.1, -0.05) is 74.8 Å². The van der Waals surface area contributed by atoms with Crippen LogP contribution < -0.4 is 5.32 Å². The van der Waals surface area contributed by atoms with Crippen LogP contribution in [-0.4, -0.2) is 31.4 Å². The Kier molecular flexibility index (Phi) is 8.43. The third-order valence-corrected chi connectivity index (χ3v) is 9.60. The fraction of sp³-hybridized carbons (Fsp3) is 0.120. The number of anilines is 1. The van der Waals surface area contributed by atoms with Gasteiger partial charge in [-0.15, -0.1) is 21.5 Å². The summed E-state index contributed by atoms with van der Waals surface area (Å²) in [5.74, 6) is 1.51. The van der Waals surface area contributed by atoms with Crippen LogP contribution in [-0.2, 0) is 17.6 Å². The summed E-state index contributed by atoms with van der Waals surface area (Å²) in [6.45, 7) is 0. The van der Waals surface area contributed by atoms with E-state index >= 15 is 0 Å². The molecule has 0 aliphatic rings. The van der Waals surface area contributed by atoms with E-state index in [0.717, 1.165) is 36.0 Å². The largest absolute Gasteiger partial charge is 0.325 e. The lowest BCUT2D eigenvalue weighted by molar-refractivity contribution is -0.113. The SMILES string of the molecule is Cn1c(SCC(=O)Nc2ccc3nc(SCc4ccc(Br)cc4)sc3c2)nnc1-c1ccc(Cl)cc1Cl. The molecule has 37 heavy (non-hydrogen) atoms. The lowest BCUT2D eigenvalue weighted by Gasteiger charge is -2.07. The number of carbonyl (C=O) groups is 1. The van der Waals surface area contributed by atoms with Crippen LogP contribution >= 0.6 is 74.0 Å². The van der Waals surface area contributed by atoms with Gasteiger partial charge in [0.05, 0.1) is 21.0 Å². The van der Waals surface area contributed by atoms with Gasteiger partial charge in [0.2, 0.25) is 5.91 Å². The quantitative estimate of drug-likeness (QED) is 0.171. The van der Waals surface area contributed by atoms with Crippen LogP contribution in [0, 0.1) is 0 Å². The highest BCUT2D eigenvalue weighted by Crippen LogP contribution is 2.34. The number of fused-ring (bicyclic) bond motifs is 1. The van der Waals surface area contributed by atoms with E-state index in [2.05, 4.69) is 43.6 Å². The van der Waals surface area contributed by atoms with E-state index in [-0.39, 0.29) is 11.7 Å². The predicted molar refractivity (Wildman–Crippen MR) is 159 cm³/mol. The molecule has 0 spiro atoms. The Bertz CT molecular complexity index is 1590. The van der Waals surface area contributed by atoms with Gasteiger partial charge in [-0.25, -0.2) is 4.98 Å². The monoisotopic (exact) mass is 649 g/mol. The summed E-state index contributed by atoms with van der Waals surface area (Å²) in [5.41, 5.74) is 3.62. The zero-order valence-corrected chi connectivity index (χ0v) is 24.8. The number of nitrogens with one attached hydrogen (secondary N) is 1. The van der Waals surface area contributed by atoms with Gasteiger partial charge in [0.15, 0.2) is 15.3 Å². The molecular formula is C25H18BrCl2N5OS3. The summed E-state index contributed by atoms with van der Waals surface area (Å²) in [4.78, 5) is 17.4. The molecule has 0 saturated carbocycles. The minimum atomic E-state index is -0.132. The first-order valence-corrected chi connectivity index (χ1v) is 15.2. The second kappa shape index (κ2) is 11.8. The number of nitrogens with zero attached hydrogens (tertiary/aromatic N) is 4. The van der Waals surface area contributed by atoms with Gasteiger partial charge in [-0.05, 0) is 54.1 Å². The van der Waals surface area contributed by atoms with E-state index in [1.54, 1.807) is 41.3 Å². The van der Waals surface area contributed by atoms with Crippen molar-refractivity contribution >= 4 is 95.8 Å². The van der Waals surface area contributed by atoms with Crippen LogP contribution in [0.4, 0.5) is 5.69 Å². The van der Waals surface area contributed by atoms with E-state index in [9.17, 15) is 4.79 Å². The van der Waals surface area contributed by atoms with Crippen LogP contribution in [0.15, 0.2) is 74.6 Å². The molecule has 0 atom stereocenters. The highest BCUT2D eigenvalue weighted by molar-refractivity contribution is 9.10. The summed E-state index contributed by atoms with van der Waals surface area (Å²) in [6, 6.07) is 19.3. The second-order valence-electron chi connectivity index (χ2n) is 7.90. The minimum Gasteiger partial charge on any atom is -0.325 e. The van der Waals surface area contributed by atoms with Gasteiger partial charge in [0, 0.05) is 33.5 Å². The second-order valence-corrected chi connectivity index (χ2v) is 12.9. The van der Waals surface area contributed by atoms with Gasteiger partial charge in [-0.2, -0.15) is 0 Å². The number of hydrogen-bond donors (Lipinski definition) is 1. The van der Waals surface area contributed by atoms with E-state index in [1.807, 2.05) is 41.9 Å². The van der Waals surface area contributed by atoms with Crippen molar-refractivity contribution in [1.82, 2.24) is 19.7 Å². The molecule has 0 bridgehead atoms. The van der Waals surface area contributed by atoms with Crippen LogP contribution in [0.5, 0.6) is 0 Å². The van der Waals surface area contributed by atoms with Crippen molar-refractivity contribution in [3.63, 3.8) is 0 Å². The highest BCUT2D eigenvalue weighted by Gasteiger charge is 2.16. The van der Waals surface area contributed by atoms with Crippen molar-refractivity contribution in [3.8, 4) is 11.4 Å². The summed E-state index contributed by atoms with van der Waals surface area (Å²) >= 11 is 20.4. The number of carbonyl (C=O) groups excluding carboxylic acids is 1. The number of benzene rings is 3. The molecule has 0 saturated heterocycles. The summed E-state index contributed by atoms with van der Waals surface area (Å²) < 4.78 is 4.90. The molecule has 12 heteroatoms. The Hall–Kier alpha value is -2.08. The maximum Gasteiger partial charge on any atom is 0.234 e. The highest BCUT2D eigenvalue weighted by atomic mass is 79.9. The molecule has 1 N–H and O–H groups in total. The molecule has 0 fully saturated rings. The molecule has 2 aromatic heterocycles. The fourth-order valence-corrected chi connectivity index (χ4v) is 6.97. The number of thioether (sulfide) groups is 2. The molecule has 0 unspecified atom stereocenters. The average Bonchev–Trinajstić information content (AvgIpc) is 3.45. The molecule has 0 aliphatic carbocycles. The van der Waals surface area contributed by atoms with Crippen LogP contribution in [0.1, 0.15) is 5.56 Å². The van der Waals surface area contributed by atoms with Gasteiger partial charge < -0.3 is 9.88 Å². The van der Waals surface area contributed by atoms with Crippen molar-refractivity contribution < 1.29 is 4.79 Å². The molecule has 6 nitrogen and oxygen atoms in total. The molecule has 5 rings (SSSR count). The fourth-order valence-electron chi connectivity index (χ4n) is 3.44. The van der Waals surface area contributed by atoms with E-state index < -0.39 is 0 Å². The number of thiazole rings is 1. The van der Waals surface area contributed by atoms with Crippen molar-refractivity contribution in [1.29, 1.82) is 0 Å². The van der Waals surface area contributed by atoms with Crippen LogP contribution in [0.25, 0.3) is 21.6 Å². The van der Waals surface area contributed by atoms with Crippen molar-refractivity contribution in [2.24, 2.45) is 7.05 Å². The number of halogens is 3. The first-order valence-electron chi connectivity index (χ1n) is 10.9. The molecular weight excluding hydrogens is 633 g/mol. The number of amides is 1. The predicted octanol–water partition coefficient (Wildman–Crippen LogP) is 8.18. The smallest absolute Gasteiger partial charge is 0.234 e. The topological polar surface area (TPSA) is 72.7 Å². The number of aromatic nitrogens is 4. The van der Waals surface area contributed by atoms with Gasteiger partial charge in [-0.3, -0.25) is 4.79 Å². The molecule has 2 heterocycles. The number of hydrogen-bond acceptors (Lipinski definition) is 7. The van der Waals surface area contributed by atoms with E-state index in [4.69, 9.17) is 28.2 Å². The van der Waals surface area contributed by atoms with E-state index in [1.165, 1.54) is 17.3 Å². The molecule has 1 amide bonds. The molecule has 3 aromatic carbocycles. The first-order chi connectivity index (χ1) is 17.9. The lowest BCUT2D eigenvalue weighted by atomic mass is 10.2. The molecule has 0 radical (unpaired) electrons. The maximum absolute atomic E-state index is 12.6. The number of rotatable bonds is 8. The van der Waals surface area contributed by atoms with E-state index in [0.29, 0.717) is 21.0 Å². The van der Waals surface area contributed by atoms with Crippen LogP contribution in [0.3, 0.4) is 0 Å². The van der Waals surface area contributed by atoms with Crippen molar-refractivity contribution in [2.75, 3.05) is 11.1 Å². The zero-order valence-electron chi connectivity index (χ0n) is 19.2. The molecule has 5 aromatic rings. The third-order valence-electron chi connectivity index (χ3n) is 5.27. The lowest BCUT2D eigenvalue weighted by Crippen LogP contribution is -2.14. The van der Waals surface area contributed by atoms with Gasteiger partial charge in [0.1, 0.15) is 0 Å². The van der Waals surface area contributed by atoms with Crippen molar-refractivity contribution in [3.05, 3.63) is 80.7 Å². The standard InChI is InChI=1S/C25H18BrCl2N5OS3/c1-33-23(18-8-6-16(27)10-19(18)28)31-32-24(33)35-13-22(34)29-17-7-9-20-21(11-17)37-25(30-20)36-12-14-2-4-15(26)5-3-14/h2-11H,12-13H2,1H3,(H,29,34). The van der Waals surface area contributed by atoms with Gasteiger partial charge >= 0.3 is 0 Å². The molecule has 188 valence electrons. The molecule has 0 aliphatic heterocycles. The van der Waals surface area contributed by atoms with Crippen LogP contribution in [0.2, 0.25) is 10.0 Å². The Labute approximate surface area is 244 Å². The van der Waals surface area contributed by atoms with Gasteiger partial charge in [0.25, 0.3) is 0 Å². The van der Waals surface area contributed by atoms with Crippen molar-refractivity contribution in [2.45, 2.75) is 15.2 Å². The normalized spacial score (nSPS) is 11.2. The summed E-state index contributed by atoms with van der Waals surface area (Å²) in [5, 5.41) is 13.1. The first kappa shape index (κ1) is 26.5. The minimum absolute atomic E-state index is 0.132.